The van der Waals surface area contributed by atoms with Gasteiger partial charge in [0.15, 0.2) is 0 Å². The molecule has 1 heterocycles. The van der Waals surface area contributed by atoms with Crippen molar-refractivity contribution in [2.45, 2.75) is 25.8 Å². The Hall–Kier alpha value is -2.14. The molecule has 0 saturated carbocycles. The Morgan fingerprint density at radius 1 is 1.48 bits per heavy atom. The van der Waals surface area contributed by atoms with Crippen molar-refractivity contribution in [1.29, 1.82) is 0 Å². The van der Waals surface area contributed by atoms with Gasteiger partial charge in [-0.05, 0) is 43.0 Å². The highest BCUT2D eigenvalue weighted by molar-refractivity contribution is 6.33. The largest absolute Gasteiger partial charge is 0.376 e. The van der Waals surface area contributed by atoms with E-state index in [2.05, 4.69) is 16.4 Å². The molecule has 5 nitrogen and oxygen atoms in total. The zero-order valence-electron chi connectivity index (χ0n) is 11.5. The Balaban J connectivity index is 1.90. The lowest BCUT2D eigenvalue weighted by Gasteiger charge is -2.16. The summed E-state index contributed by atoms with van der Waals surface area (Å²) in [6.07, 6.45) is 3.73. The van der Waals surface area contributed by atoms with Crippen molar-refractivity contribution in [2.75, 3.05) is 5.32 Å². The van der Waals surface area contributed by atoms with Gasteiger partial charge in [-0.1, -0.05) is 17.7 Å². The molecule has 1 aliphatic rings. The number of halogens is 1. The number of aryl methyl sites for hydroxylation is 2. The van der Waals surface area contributed by atoms with Crippen LogP contribution in [-0.4, -0.2) is 9.91 Å². The second-order valence-electron chi connectivity index (χ2n) is 5.16. The van der Waals surface area contributed by atoms with E-state index >= 15 is 0 Å². The summed E-state index contributed by atoms with van der Waals surface area (Å²) in [5, 5.41) is 14.4. The molecule has 0 radical (unpaired) electrons. The van der Waals surface area contributed by atoms with Crippen LogP contribution in [0.5, 0.6) is 0 Å². The molecule has 2 aromatic rings. The molecule has 0 amide bonds. The molecule has 1 unspecified atom stereocenters. The van der Waals surface area contributed by atoms with Crippen LogP contribution in [-0.2, 0) is 6.42 Å². The van der Waals surface area contributed by atoms with Crippen LogP contribution >= 0.6 is 11.6 Å². The van der Waals surface area contributed by atoms with Crippen molar-refractivity contribution >= 4 is 23.0 Å². The van der Waals surface area contributed by atoms with Crippen LogP contribution in [0.1, 0.15) is 29.3 Å². The van der Waals surface area contributed by atoms with Gasteiger partial charge in [-0.2, -0.15) is 0 Å². The average Bonchev–Trinajstić information content (AvgIpc) is 2.85. The number of nitrogens with zero attached hydrogens (tertiary/aromatic N) is 2. The van der Waals surface area contributed by atoms with Crippen LogP contribution in [0.2, 0.25) is 5.02 Å². The molecule has 108 valence electrons. The van der Waals surface area contributed by atoms with E-state index in [1.807, 2.05) is 13.0 Å². The van der Waals surface area contributed by atoms with E-state index < -0.39 is 4.92 Å². The van der Waals surface area contributed by atoms with E-state index in [0.717, 1.165) is 29.8 Å². The molecule has 6 heteroatoms. The highest BCUT2D eigenvalue weighted by Gasteiger charge is 2.24. The van der Waals surface area contributed by atoms with Crippen LogP contribution in [0.15, 0.2) is 30.5 Å². The number of nitrogens with one attached hydrogen (secondary N) is 1. The van der Waals surface area contributed by atoms with E-state index in [4.69, 9.17) is 11.6 Å². The maximum atomic E-state index is 10.9. The maximum Gasteiger partial charge on any atom is 0.288 e. The van der Waals surface area contributed by atoms with E-state index in [9.17, 15) is 10.1 Å². The fourth-order valence-corrected chi connectivity index (χ4v) is 2.94. The van der Waals surface area contributed by atoms with Gasteiger partial charge in [-0.25, -0.2) is 0 Å². The number of nitro benzene ring substituents is 1. The third-order valence-corrected chi connectivity index (χ3v) is 4.08. The molecule has 21 heavy (non-hydrogen) atoms. The number of rotatable bonds is 3. The first-order chi connectivity index (χ1) is 10.1. The fourth-order valence-electron chi connectivity index (χ4n) is 2.70. The molecular weight excluding hydrogens is 290 g/mol. The standard InChI is InChI=1S/C15H14ClN3O2/c1-9-7-14(19(20)21)11(16)8-13(9)18-12-5-4-10-3-2-6-17-15(10)12/h2-3,6-8,12,18H,4-5H2,1H3. The van der Waals surface area contributed by atoms with Gasteiger partial charge < -0.3 is 5.32 Å². The number of hydrogen-bond donors (Lipinski definition) is 1. The maximum absolute atomic E-state index is 10.9. The fraction of sp³-hybridized carbons (Fsp3) is 0.267. The number of nitro groups is 1. The predicted molar refractivity (Wildman–Crippen MR) is 81.8 cm³/mol. The minimum absolute atomic E-state index is 0.0651. The van der Waals surface area contributed by atoms with E-state index in [1.54, 1.807) is 12.3 Å². The normalized spacial score (nSPS) is 16.6. The lowest BCUT2D eigenvalue weighted by Crippen LogP contribution is -2.09. The van der Waals surface area contributed by atoms with Gasteiger partial charge in [-0.3, -0.25) is 15.1 Å². The van der Waals surface area contributed by atoms with Crippen molar-refractivity contribution in [3.8, 4) is 0 Å². The van der Waals surface area contributed by atoms with Crippen molar-refractivity contribution in [3.05, 3.63) is 62.4 Å². The monoisotopic (exact) mass is 303 g/mol. The molecule has 3 rings (SSSR count). The Morgan fingerprint density at radius 2 is 2.29 bits per heavy atom. The minimum atomic E-state index is -0.467. The summed E-state index contributed by atoms with van der Waals surface area (Å²) >= 11 is 5.98. The molecule has 0 saturated heterocycles. The summed E-state index contributed by atoms with van der Waals surface area (Å²) in [6, 6.07) is 7.27. The van der Waals surface area contributed by atoms with E-state index in [-0.39, 0.29) is 16.8 Å². The van der Waals surface area contributed by atoms with E-state index in [0.29, 0.717) is 0 Å². The number of hydrogen-bond acceptors (Lipinski definition) is 4. The molecule has 0 spiro atoms. The van der Waals surface area contributed by atoms with Crippen molar-refractivity contribution in [1.82, 2.24) is 4.98 Å². The average molecular weight is 304 g/mol. The third-order valence-electron chi connectivity index (χ3n) is 3.78. The summed E-state index contributed by atoms with van der Waals surface area (Å²) in [6.45, 7) is 1.83. The number of fused-ring (bicyclic) bond motifs is 1. The van der Waals surface area contributed by atoms with Crippen LogP contribution in [0.3, 0.4) is 0 Å². The minimum Gasteiger partial charge on any atom is -0.376 e. The van der Waals surface area contributed by atoms with Gasteiger partial charge in [0.2, 0.25) is 0 Å². The van der Waals surface area contributed by atoms with Gasteiger partial charge >= 0.3 is 0 Å². The van der Waals surface area contributed by atoms with Crippen LogP contribution < -0.4 is 5.32 Å². The summed E-state index contributed by atoms with van der Waals surface area (Å²) in [5.41, 5.74) is 3.85. The topological polar surface area (TPSA) is 68.1 Å². The molecule has 1 aliphatic carbocycles. The van der Waals surface area contributed by atoms with Crippen LogP contribution in [0.4, 0.5) is 11.4 Å². The number of anilines is 1. The van der Waals surface area contributed by atoms with Crippen LogP contribution in [0, 0.1) is 17.0 Å². The second-order valence-corrected chi connectivity index (χ2v) is 5.57. The molecule has 1 aromatic heterocycles. The molecule has 0 bridgehead atoms. The quantitative estimate of drug-likeness (QED) is 0.686. The SMILES string of the molecule is Cc1cc([N+](=O)[O-])c(Cl)cc1NC1CCc2cccnc21. The van der Waals surface area contributed by atoms with Gasteiger partial charge in [0.1, 0.15) is 5.02 Å². The summed E-state index contributed by atoms with van der Waals surface area (Å²) < 4.78 is 0. The molecule has 0 fully saturated rings. The Bertz CT molecular complexity index is 718. The zero-order chi connectivity index (χ0) is 15.0. The highest BCUT2D eigenvalue weighted by Crippen LogP contribution is 2.36. The Labute approximate surface area is 127 Å². The number of benzene rings is 1. The first-order valence-corrected chi connectivity index (χ1v) is 7.09. The summed E-state index contributed by atoms with van der Waals surface area (Å²) in [7, 11) is 0. The zero-order valence-corrected chi connectivity index (χ0v) is 12.2. The summed E-state index contributed by atoms with van der Waals surface area (Å²) in [5.74, 6) is 0. The third kappa shape index (κ3) is 2.56. The lowest BCUT2D eigenvalue weighted by molar-refractivity contribution is -0.384. The molecule has 1 atom stereocenters. The first-order valence-electron chi connectivity index (χ1n) is 6.71. The number of aromatic nitrogens is 1. The van der Waals surface area contributed by atoms with E-state index in [1.165, 1.54) is 11.6 Å². The van der Waals surface area contributed by atoms with Gasteiger partial charge in [0.25, 0.3) is 5.69 Å². The highest BCUT2D eigenvalue weighted by atomic mass is 35.5. The van der Waals surface area contributed by atoms with Crippen molar-refractivity contribution in [2.24, 2.45) is 0 Å². The smallest absolute Gasteiger partial charge is 0.288 e. The Morgan fingerprint density at radius 3 is 3.05 bits per heavy atom. The molecular formula is C15H14ClN3O2. The predicted octanol–water partition coefficient (Wildman–Crippen LogP) is 4.05. The van der Waals surface area contributed by atoms with Crippen molar-refractivity contribution < 1.29 is 4.92 Å². The van der Waals surface area contributed by atoms with Gasteiger partial charge in [-0.15, -0.1) is 0 Å². The van der Waals surface area contributed by atoms with Gasteiger partial charge in [0, 0.05) is 18.0 Å². The molecule has 1 aromatic carbocycles. The van der Waals surface area contributed by atoms with Gasteiger partial charge in [0.05, 0.1) is 16.7 Å². The molecule has 1 N–H and O–H groups in total. The van der Waals surface area contributed by atoms with Crippen molar-refractivity contribution in [3.63, 3.8) is 0 Å². The number of pyridine rings is 1. The first kappa shape index (κ1) is 13.8. The second kappa shape index (κ2) is 5.33. The lowest BCUT2D eigenvalue weighted by atomic mass is 10.1. The summed E-state index contributed by atoms with van der Waals surface area (Å²) in [4.78, 5) is 14.8. The molecule has 0 aliphatic heterocycles. The van der Waals surface area contributed by atoms with Crippen LogP contribution in [0.25, 0.3) is 0 Å². The Kier molecular flexibility index (Phi) is 3.51.